The minimum absolute atomic E-state index is 0.579. The minimum atomic E-state index is 0.579. The van der Waals surface area contributed by atoms with E-state index >= 15 is 0 Å². The monoisotopic (exact) mass is 589 g/mol. The Morgan fingerprint density at radius 3 is 1.52 bits per heavy atom. The zero-order valence-electron chi connectivity index (χ0n) is 24.8. The molecule has 5 aromatic carbocycles. The first-order valence-electron chi connectivity index (χ1n) is 15.2. The fourth-order valence-corrected chi connectivity index (χ4v) is 5.73. The van der Waals surface area contributed by atoms with E-state index in [-0.39, 0.29) is 0 Å². The van der Waals surface area contributed by atoms with Gasteiger partial charge < -0.3 is 0 Å². The third kappa shape index (κ3) is 5.42. The summed E-state index contributed by atoms with van der Waals surface area (Å²) in [5.41, 5.74) is 8.58. The van der Waals surface area contributed by atoms with Gasteiger partial charge in [-0.15, -0.1) is 0 Å². The Balaban J connectivity index is 1.37. The van der Waals surface area contributed by atoms with E-state index in [1.807, 2.05) is 103 Å². The summed E-state index contributed by atoms with van der Waals surface area (Å²) in [5, 5.41) is 2.20. The number of aromatic nitrogens is 5. The second-order valence-electron chi connectivity index (χ2n) is 11.0. The van der Waals surface area contributed by atoms with Crippen molar-refractivity contribution < 1.29 is 0 Å². The van der Waals surface area contributed by atoms with Gasteiger partial charge in [0.1, 0.15) is 0 Å². The van der Waals surface area contributed by atoms with E-state index in [2.05, 4.69) is 60.7 Å². The SMILES string of the molecule is c1ccc(-c2ccnc(-c3cc(-c4nc(-c5ccccc5)nc(-c5ccccc5)n4)cc(-c4nccc5ccccc45)c3)c2)cc1. The highest BCUT2D eigenvalue weighted by Gasteiger charge is 2.16. The predicted molar refractivity (Wildman–Crippen MR) is 186 cm³/mol. The van der Waals surface area contributed by atoms with E-state index < -0.39 is 0 Å². The second kappa shape index (κ2) is 12.0. The number of fused-ring (bicyclic) bond motifs is 1. The van der Waals surface area contributed by atoms with E-state index in [0.29, 0.717) is 17.5 Å². The number of benzene rings is 5. The molecule has 3 heterocycles. The molecule has 5 nitrogen and oxygen atoms in total. The van der Waals surface area contributed by atoms with Crippen LogP contribution >= 0.6 is 0 Å². The number of rotatable bonds is 6. The highest BCUT2D eigenvalue weighted by molar-refractivity contribution is 5.96. The lowest BCUT2D eigenvalue weighted by Gasteiger charge is -2.13. The zero-order valence-corrected chi connectivity index (χ0v) is 24.8. The van der Waals surface area contributed by atoms with Crippen LogP contribution in [0.15, 0.2) is 164 Å². The van der Waals surface area contributed by atoms with Crippen LogP contribution in [0.25, 0.3) is 78.6 Å². The maximum absolute atomic E-state index is 5.03. The maximum Gasteiger partial charge on any atom is 0.164 e. The standard InChI is InChI=1S/C41H27N5/c1-4-12-28(13-5-1)32-21-22-42-37(27-32)33-24-34(38-36-19-11-10-14-29(36)20-23-43-38)26-35(25-33)41-45-39(30-15-6-2-7-16-30)44-40(46-41)31-17-8-3-9-18-31/h1-27H. The van der Waals surface area contributed by atoms with Crippen LogP contribution in [-0.2, 0) is 0 Å². The van der Waals surface area contributed by atoms with Gasteiger partial charge in [-0.2, -0.15) is 0 Å². The Labute approximate surface area is 267 Å². The van der Waals surface area contributed by atoms with Crippen LogP contribution < -0.4 is 0 Å². The summed E-state index contributed by atoms with van der Waals surface area (Å²) >= 11 is 0. The topological polar surface area (TPSA) is 64.5 Å². The second-order valence-corrected chi connectivity index (χ2v) is 11.0. The molecule has 0 aliphatic rings. The normalized spacial score (nSPS) is 11.0. The minimum Gasteiger partial charge on any atom is -0.256 e. The van der Waals surface area contributed by atoms with Crippen LogP contribution in [0.5, 0.6) is 0 Å². The Morgan fingerprint density at radius 2 is 0.848 bits per heavy atom. The fraction of sp³-hybridized carbons (Fsp3) is 0. The van der Waals surface area contributed by atoms with E-state index in [1.165, 1.54) is 0 Å². The van der Waals surface area contributed by atoms with Crippen molar-refractivity contribution in [2.24, 2.45) is 0 Å². The maximum atomic E-state index is 5.03. The quantitative estimate of drug-likeness (QED) is 0.193. The molecule has 0 radical (unpaired) electrons. The van der Waals surface area contributed by atoms with Gasteiger partial charge in [0, 0.05) is 45.6 Å². The van der Waals surface area contributed by atoms with Gasteiger partial charge in [-0.25, -0.2) is 15.0 Å². The van der Waals surface area contributed by atoms with E-state index in [9.17, 15) is 0 Å². The number of hydrogen-bond donors (Lipinski definition) is 0. The molecule has 0 saturated heterocycles. The molecule has 0 bridgehead atoms. The Morgan fingerprint density at radius 1 is 0.326 bits per heavy atom. The lowest BCUT2D eigenvalue weighted by Crippen LogP contribution is -2.01. The van der Waals surface area contributed by atoms with E-state index in [0.717, 1.165) is 61.1 Å². The van der Waals surface area contributed by atoms with Gasteiger partial charge in [0.2, 0.25) is 0 Å². The average molecular weight is 590 g/mol. The molecule has 0 aliphatic heterocycles. The highest BCUT2D eigenvalue weighted by atomic mass is 15.0. The van der Waals surface area contributed by atoms with Crippen LogP contribution in [0.2, 0.25) is 0 Å². The Hall–Kier alpha value is -6.33. The Kier molecular flexibility index (Phi) is 7.09. The van der Waals surface area contributed by atoms with Gasteiger partial charge in [0.25, 0.3) is 0 Å². The third-order valence-corrected chi connectivity index (χ3v) is 8.00. The van der Waals surface area contributed by atoms with Crippen molar-refractivity contribution >= 4 is 10.8 Å². The molecular formula is C41H27N5. The molecular weight excluding hydrogens is 562 g/mol. The predicted octanol–water partition coefficient (Wildman–Crippen LogP) is 9.82. The van der Waals surface area contributed by atoms with Crippen molar-refractivity contribution in [3.63, 3.8) is 0 Å². The van der Waals surface area contributed by atoms with Crippen LogP contribution in [0, 0.1) is 0 Å². The number of pyridine rings is 2. The molecule has 8 rings (SSSR count). The number of nitrogens with zero attached hydrogens (tertiary/aromatic N) is 5. The summed E-state index contributed by atoms with van der Waals surface area (Å²) in [6, 6.07) is 51.4. The van der Waals surface area contributed by atoms with Crippen molar-refractivity contribution in [1.29, 1.82) is 0 Å². The summed E-state index contributed by atoms with van der Waals surface area (Å²) in [6.07, 6.45) is 3.73. The molecule has 8 aromatic rings. The summed E-state index contributed by atoms with van der Waals surface area (Å²) in [4.78, 5) is 24.7. The molecule has 3 aromatic heterocycles. The van der Waals surface area contributed by atoms with Gasteiger partial charge in [-0.05, 0) is 52.9 Å². The van der Waals surface area contributed by atoms with Crippen LogP contribution in [0.3, 0.4) is 0 Å². The van der Waals surface area contributed by atoms with Gasteiger partial charge >= 0.3 is 0 Å². The molecule has 0 fully saturated rings. The molecule has 0 aliphatic carbocycles. The van der Waals surface area contributed by atoms with Crippen LogP contribution in [0.1, 0.15) is 0 Å². The van der Waals surface area contributed by atoms with Crippen molar-refractivity contribution in [2.75, 3.05) is 0 Å². The summed E-state index contributed by atoms with van der Waals surface area (Å²) in [7, 11) is 0. The molecule has 216 valence electrons. The third-order valence-electron chi connectivity index (χ3n) is 8.00. The first kappa shape index (κ1) is 27.2. The van der Waals surface area contributed by atoms with Crippen molar-refractivity contribution in [2.45, 2.75) is 0 Å². The van der Waals surface area contributed by atoms with Gasteiger partial charge in [-0.1, -0.05) is 115 Å². The fourth-order valence-electron chi connectivity index (χ4n) is 5.73. The molecule has 0 atom stereocenters. The molecule has 0 saturated carbocycles. The lowest BCUT2D eigenvalue weighted by molar-refractivity contribution is 1.07. The smallest absolute Gasteiger partial charge is 0.164 e. The van der Waals surface area contributed by atoms with Crippen molar-refractivity contribution in [1.82, 2.24) is 24.9 Å². The molecule has 0 unspecified atom stereocenters. The van der Waals surface area contributed by atoms with Crippen LogP contribution in [0.4, 0.5) is 0 Å². The van der Waals surface area contributed by atoms with Gasteiger partial charge in [0.05, 0.1) is 11.4 Å². The average Bonchev–Trinajstić information content (AvgIpc) is 3.15. The highest BCUT2D eigenvalue weighted by Crippen LogP contribution is 2.35. The van der Waals surface area contributed by atoms with E-state index in [4.69, 9.17) is 24.9 Å². The summed E-state index contributed by atoms with van der Waals surface area (Å²) in [6.45, 7) is 0. The first-order chi connectivity index (χ1) is 22.8. The molecule has 46 heavy (non-hydrogen) atoms. The zero-order chi connectivity index (χ0) is 30.7. The summed E-state index contributed by atoms with van der Waals surface area (Å²) < 4.78 is 0. The van der Waals surface area contributed by atoms with Crippen LogP contribution in [-0.4, -0.2) is 24.9 Å². The molecule has 5 heteroatoms. The van der Waals surface area contributed by atoms with Crippen molar-refractivity contribution in [3.05, 3.63) is 164 Å². The lowest BCUT2D eigenvalue weighted by atomic mass is 9.96. The van der Waals surface area contributed by atoms with Crippen molar-refractivity contribution in [3.8, 4) is 67.8 Å². The molecule has 0 amide bonds. The first-order valence-corrected chi connectivity index (χ1v) is 15.2. The van der Waals surface area contributed by atoms with E-state index in [1.54, 1.807) is 0 Å². The largest absolute Gasteiger partial charge is 0.256 e. The molecule has 0 N–H and O–H groups in total. The van der Waals surface area contributed by atoms with Gasteiger partial charge in [0.15, 0.2) is 17.5 Å². The summed E-state index contributed by atoms with van der Waals surface area (Å²) in [5.74, 6) is 1.81. The number of hydrogen-bond acceptors (Lipinski definition) is 5. The van der Waals surface area contributed by atoms with Gasteiger partial charge in [-0.3, -0.25) is 9.97 Å². The molecule has 0 spiro atoms. The Bertz CT molecular complexity index is 2240.